The number of aliphatic hydroxyl groups is 1. The third-order valence-electron chi connectivity index (χ3n) is 2.72. The lowest BCUT2D eigenvalue weighted by Gasteiger charge is -2.12. The van der Waals surface area contributed by atoms with Crippen molar-refractivity contribution in [3.8, 4) is 0 Å². The average Bonchev–Trinajstić information content (AvgIpc) is 2.44. The number of halogens is 3. The molecule has 0 aliphatic rings. The van der Waals surface area contributed by atoms with E-state index in [-0.39, 0.29) is 11.3 Å². The predicted molar refractivity (Wildman–Crippen MR) is 69.5 cm³/mol. The van der Waals surface area contributed by atoms with Crippen LogP contribution in [0.1, 0.15) is 5.56 Å². The Morgan fingerprint density at radius 1 is 1.00 bits per heavy atom. The molecular weight excluding hydrogens is 307 g/mol. The Morgan fingerprint density at radius 3 is 2.33 bits per heavy atom. The molecule has 0 amide bonds. The Labute approximate surface area is 118 Å². The molecule has 0 aliphatic carbocycles. The molecule has 2 N–H and O–H groups in total. The summed E-state index contributed by atoms with van der Waals surface area (Å²) in [7, 11) is -4.46. The van der Waals surface area contributed by atoms with Crippen LogP contribution in [0.25, 0.3) is 0 Å². The first kappa shape index (κ1) is 15.3. The van der Waals surface area contributed by atoms with Crippen LogP contribution < -0.4 is 4.72 Å². The van der Waals surface area contributed by atoms with Crippen LogP contribution in [0.5, 0.6) is 0 Å². The summed E-state index contributed by atoms with van der Waals surface area (Å²) in [4.78, 5) is -1.02. The zero-order valence-corrected chi connectivity index (χ0v) is 11.3. The largest absolute Gasteiger partial charge is 0.392 e. The van der Waals surface area contributed by atoms with E-state index < -0.39 is 39.0 Å². The lowest BCUT2D eigenvalue weighted by Crippen LogP contribution is -2.16. The molecule has 0 saturated heterocycles. The van der Waals surface area contributed by atoms with E-state index in [1.54, 1.807) is 6.07 Å². The third kappa shape index (κ3) is 3.01. The molecule has 0 heterocycles. The second-order valence-electron chi connectivity index (χ2n) is 4.09. The van der Waals surface area contributed by atoms with E-state index >= 15 is 0 Å². The lowest BCUT2D eigenvalue weighted by molar-refractivity contribution is 0.282. The van der Waals surface area contributed by atoms with Gasteiger partial charge in [0.05, 0.1) is 12.3 Å². The van der Waals surface area contributed by atoms with Gasteiger partial charge in [-0.25, -0.2) is 21.6 Å². The molecule has 0 unspecified atom stereocenters. The monoisotopic (exact) mass is 317 g/mol. The van der Waals surface area contributed by atoms with Crippen LogP contribution in [0.4, 0.5) is 18.9 Å². The van der Waals surface area contributed by atoms with Crippen LogP contribution in [0.15, 0.2) is 41.3 Å². The van der Waals surface area contributed by atoms with Crippen molar-refractivity contribution in [1.82, 2.24) is 0 Å². The van der Waals surface area contributed by atoms with Gasteiger partial charge in [0.1, 0.15) is 4.90 Å². The van der Waals surface area contributed by atoms with Crippen LogP contribution >= 0.6 is 0 Å². The number of aliphatic hydroxyl groups excluding tert-OH is 1. The SMILES string of the molecule is O=S(=O)(Nc1ccccc1CO)c1ccc(F)c(F)c1F. The van der Waals surface area contributed by atoms with Gasteiger partial charge in [0.2, 0.25) is 0 Å². The maximum atomic E-state index is 13.6. The highest BCUT2D eigenvalue weighted by molar-refractivity contribution is 7.92. The molecule has 0 fully saturated rings. The summed E-state index contributed by atoms with van der Waals surface area (Å²) >= 11 is 0. The van der Waals surface area contributed by atoms with E-state index in [1.165, 1.54) is 18.2 Å². The molecule has 2 rings (SSSR count). The molecule has 0 aliphatic heterocycles. The summed E-state index contributed by atoms with van der Waals surface area (Å²) in [5.41, 5.74) is 0.271. The maximum Gasteiger partial charge on any atom is 0.264 e. The summed E-state index contributed by atoms with van der Waals surface area (Å²) in [6, 6.07) is 7.02. The van der Waals surface area contributed by atoms with Crippen LogP contribution in [-0.4, -0.2) is 13.5 Å². The summed E-state index contributed by atoms with van der Waals surface area (Å²) in [5.74, 6) is -5.15. The molecule has 0 spiro atoms. The van der Waals surface area contributed by atoms with E-state index in [1.807, 2.05) is 4.72 Å². The van der Waals surface area contributed by atoms with E-state index in [9.17, 15) is 21.6 Å². The standard InChI is InChI=1S/C13H10F3NO3S/c14-9-5-6-11(13(16)12(9)15)21(19,20)17-10-4-2-1-3-8(10)7-18/h1-6,17-18H,7H2. The smallest absolute Gasteiger partial charge is 0.264 e. The number of hydrogen-bond donors (Lipinski definition) is 2. The number of benzene rings is 2. The summed E-state index contributed by atoms with van der Waals surface area (Å²) < 4.78 is 65.6. The molecule has 21 heavy (non-hydrogen) atoms. The van der Waals surface area contributed by atoms with Crippen molar-refractivity contribution in [2.75, 3.05) is 4.72 Å². The highest BCUT2D eigenvalue weighted by Crippen LogP contribution is 2.24. The van der Waals surface area contributed by atoms with Gasteiger partial charge < -0.3 is 5.11 Å². The minimum absolute atomic E-state index is 0.0177. The number of para-hydroxylation sites is 1. The first-order valence-corrected chi connectivity index (χ1v) is 7.20. The van der Waals surface area contributed by atoms with Crippen LogP contribution in [0.3, 0.4) is 0 Å². The Morgan fingerprint density at radius 2 is 1.67 bits per heavy atom. The average molecular weight is 317 g/mol. The van der Waals surface area contributed by atoms with Crippen molar-refractivity contribution >= 4 is 15.7 Å². The van der Waals surface area contributed by atoms with Crippen LogP contribution in [0.2, 0.25) is 0 Å². The van der Waals surface area contributed by atoms with Gasteiger partial charge in [0.25, 0.3) is 10.0 Å². The maximum absolute atomic E-state index is 13.6. The van der Waals surface area contributed by atoms with Gasteiger partial charge in [0, 0.05) is 5.56 Å². The second-order valence-corrected chi connectivity index (χ2v) is 5.75. The van der Waals surface area contributed by atoms with Crippen molar-refractivity contribution in [2.45, 2.75) is 11.5 Å². The minimum Gasteiger partial charge on any atom is -0.392 e. The normalized spacial score (nSPS) is 11.4. The van der Waals surface area contributed by atoms with Gasteiger partial charge in [-0.3, -0.25) is 4.72 Å². The fraction of sp³-hybridized carbons (Fsp3) is 0.0769. The number of anilines is 1. The molecular formula is C13H10F3NO3S. The van der Waals surface area contributed by atoms with Gasteiger partial charge in [-0.1, -0.05) is 18.2 Å². The Balaban J connectivity index is 2.46. The van der Waals surface area contributed by atoms with Crippen LogP contribution in [0, 0.1) is 17.5 Å². The zero-order chi connectivity index (χ0) is 15.6. The quantitative estimate of drug-likeness (QED) is 0.851. The van der Waals surface area contributed by atoms with Crippen molar-refractivity contribution in [3.05, 3.63) is 59.4 Å². The molecule has 0 bridgehead atoms. The topological polar surface area (TPSA) is 66.4 Å². The van der Waals surface area contributed by atoms with Crippen LogP contribution in [-0.2, 0) is 16.6 Å². The molecule has 0 aromatic heterocycles. The first-order chi connectivity index (χ1) is 9.86. The third-order valence-corrected chi connectivity index (χ3v) is 4.10. The fourth-order valence-electron chi connectivity index (χ4n) is 1.67. The molecule has 2 aromatic rings. The summed E-state index contributed by atoms with van der Waals surface area (Å²) in [6.45, 7) is -0.445. The molecule has 112 valence electrons. The molecule has 0 radical (unpaired) electrons. The van der Waals surface area contributed by atoms with Crippen molar-refractivity contribution < 1.29 is 26.7 Å². The number of rotatable bonds is 4. The Hall–Kier alpha value is -2.06. The van der Waals surface area contributed by atoms with E-state index in [0.29, 0.717) is 12.1 Å². The summed E-state index contributed by atoms with van der Waals surface area (Å²) in [5, 5.41) is 9.10. The zero-order valence-electron chi connectivity index (χ0n) is 10.5. The molecule has 2 aromatic carbocycles. The van der Waals surface area contributed by atoms with E-state index in [2.05, 4.69) is 0 Å². The molecule has 8 heteroatoms. The van der Waals surface area contributed by atoms with Gasteiger partial charge >= 0.3 is 0 Å². The number of sulfonamides is 1. The first-order valence-electron chi connectivity index (χ1n) is 5.72. The van der Waals surface area contributed by atoms with E-state index in [0.717, 1.165) is 0 Å². The van der Waals surface area contributed by atoms with Gasteiger partial charge in [-0.15, -0.1) is 0 Å². The Bertz CT molecular complexity index is 778. The second kappa shape index (κ2) is 5.74. The minimum atomic E-state index is -4.46. The molecule has 4 nitrogen and oxygen atoms in total. The highest BCUT2D eigenvalue weighted by Gasteiger charge is 2.24. The van der Waals surface area contributed by atoms with Crippen molar-refractivity contribution in [1.29, 1.82) is 0 Å². The number of nitrogens with one attached hydrogen (secondary N) is 1. The molecule has 0 atom stereocenters. The fourth-order valence-corrected chi connectivity index (χ4v) is 2.84. The van der Waals surface area contributed by atoms with Gasteiger partial charge in [0.15, 0.2) is 17.5 Å². The lowest BCUT2D eigenvalue weighted by atomic mass is 10.2. The van der Waals surface area contributed by atoms with Gasteiger partial charge in [-0.2, -0.15) is 0 Å². The summed E-state index contributed by atoms with van der Waals surface area (Å²) in [6.07, 6.45) is 0. The van der Waals surface area contributed by atoms with E-state index in [4.69, 9.17) is 5.11 Å². The highest BCUT2D eigenvalue weighted by atomic mass is 32.2. The Kier molecular flexibility index (Phi) is 4.19. The van der Waals surface area contributed by atoms with Gasteiger partial charge in [-0.05, 0) is 18.2 Å². The van der Waals surface area contributed by atoms with Crippen molar-refractivity contribution in [2.24, 2.45) is 0 Å². The van der Waals surface area contributed by atoms with Crippen molar-refractivity contribution in [3.63, 3.8) is 0 Å². The number of hydrogen-bond acceptors (Lipinski definition) is 3. The predicted octanol–water partition coefficient (Wildman–Crippen LogP) is 2.40. The molecule has 0 saturated carbocycles.